The Morgan fingerprint density at radius 1 is 1.09 bits per heavy atom. The van der Waals surface area contributed by atoms with Crippen LogP contribution in [0.2, 0.25) is 0 Å². The number of piperidine rings is 1. The molecule has 2 aromatic carbocycles. The van der Waals surface area contributed by atoms with Crippen LogP contribution in [0.5, 0.6) is 0 Å². The van der Waals surface area contributed by atoms with E-state index in [9.17, 15) is 4.79 Å². The number of aromatic amines is 1. The Morgan fingerprint density at radius 3 is 2.74 bits per heavy atom. The van der Waals surface area contributed by atoms with Gasteiger partial charge < -0.3 is 19.4 Å². The first-order valence-corrected chi connectivity index (χ1v) is 12.8. The molecule has 3 heterocycles. The molecule has 2 aliphatic rings. The molecule has 1 amide bonds. The second-order valence-electron chi connectivity index (χ2n) is 9.96. The molecule has 0 radical (unpaired) electrons. The van der Waals surface area contributed by atoms with Gasteiger partial charge in [-0.15, -0.1) is 0 Å². The molecule has 180 valence electrons. The molecule has 2 saturated heterocycles. The molecule has 3 aromatic rings. The van der Waals surface area contributed by atoms with E-state index in [2.05, 4.69) is 52.3 Å². The third-order valence-electron chi connectivity index (χ3n) is 7.69. The van der Waals surface area contributed by atoms with Gasteiger partial charge in [0.15, 0.2) is 0 Å². The molecule has 2 aliphatic heterocycles. The number of aromatic nitrogens is 1. The highest BCUT2D eigenvalue weighted by atomic mass is 16.5. The number of carbonyl (C=O) groups is 1. The molecule has 1 aromatic heterocycles. The second kappa shape index (κ2) is 10.7. The van der Waals surface area contributed by atoms with Gasteiger partial charge in [0.05, 0.1) is 12.2 Å². The fourth-order valence-electron chi connectivity index (χ4n) is 5.64. The topological polar surface area (TPSA) is 54.6 Å². The van der Waals surface area contributed by atoms with Crippen molar-refractivity contribution in [2.75, 3.05) is 26.3 Å². The number of para-hydroxylation sites is 1. The Bertz CT molecular complexity index is 1070. The fourth-order valence-corrected chi connectivity index (χ4v) is 5.64. The van der Waals surface area contributed by atoms with E-state index < -0.39 is 0 Å². The molecule has 5 heteroatoms. The predicted molar refractivity (Wildman–Crippen MR) is 135 cm³/mol. The SMILES string of the molecule is O=C(CCc1c[nH]c2ccccc12)N1CCC2(CC1)CC(CCOCc1ccccc1)CCO2. The van der Waals surface area contributed by atoms with Crippen LogP contribution < -0.4 is 0 Å². The van der Waals surface area contributed by atoms with Gasteiger partial charge in [-0.25, -0.2) is 0 Å². The van der Waals surface area contributed by atoms with Crippen molar-refractivity contribution in [3.8, 4) is 0 Å². The van der Waals surface area contributed by atoms with E-state index in [1.165, 1.54) is 16.5 Å². The lowest BCUT2D eigenvalue weighted by atomic mass is 9.78. The van der Waals surface area contributed by atoms with E-state index in [0.717, 1.165) is 70.3 Å². The van der Waals surface area contributed by atoms with E-state index in [1.54, 1.807) is 0 Å². The molecule has 1 atom stereocenters. The van der Waals surface area contributed by atoms with Crippen LogP contribution in [0.1, 0.15) is 49.7 Å². The smallest absolute Gasteiger partial charge is 0.222 e. The van der Waals surface area contributed by atoms with Gasteiger partial charge >= 0.3 is 0 Å². The maximum Gasteiger partial charge on any atom is 0.222 e. The number of fused-ring (bicyclic) bond motifs is 1. The zero-order chi connectivity index (χ0) is 23.2. The van der Waals surface area contributed by atoms with Crippen LogP contribution in [0.15, 0.2) is 60.8 Å². The number of H-pyrrole nitrogens is 1. The highest BCUT2D eigenvalue weighted by Crippen LogP contribution is 2.39. The standard InChI is InChI=1S/C29H36N2O3/c32-28(11-10-25-21-30-27-9-5-4-8-26(25)27)31-16-14-29(15-17-31)20-23(13-19-34-29)12-18-33-22-24-6-2-1-3-7-24/h1-9,21,23,30H,10-20,22H2. The van der Waals surface area contributed by atoms with Crippen molar-refractivity contribution in [3.05, 3.63) is 71.9 Å². The number of nitrogens with zero attached hydrogens (tertiary/aromatic N) is 1. The Labute approximate surface area is 202 Å². The first kappa shape index (κ1) is 23.1. The van der Waals surface area contributed by atoms with Crippen molar-refractivity contribution in [1.29, 1.82) is 0 Å². The van der Waals surface area contributed by atoms with Crippen molar-refractivity contribution in [2.24, 2.45) is 5.92 Å². The summed E-state index contributed by atoms with van der Waals surface area (Å²) in [5.74, 6) is 0.912. The monoisotopic (exact) mass is 460 g/mol. The lowest BCUT2D eigenvalue weighted by molar-refractivity contribution is -0.148. The number of aryl methyl sites for hydroxylation is 1. The van der Waals surface area contributed by atoms with Crippen molar-refractivity contribution in [3.63, 3.8) is 0 Å². The quantitative estimate of drug-likeness (QED) is 0.452. The number of carbonyl (C=O) groups excluding carboxylic acids is 1. The van der Waals surface area contributed by atoms with Crippen molar-refractivity contribution >= 4 is 16.8 Å². The summed E-state index contributed by atoms with van der Waals surface area (Å²) in [5.41, 5.74) is 3.55. The number of hydrogen-bond acceptors (Lipinski definition) is 3. The molecule has 34 heavy (non-hydrogen) atoms. The van der Waals surface area contributed by atoms with Crippen molar-refractivity contribution in [1.82, 2.24) is 9.88 Å². The highest BCUT2D eigenvalue weighted by Gasteiger charge is 2.40. The molecule has 1 unspecified atom stereocenters. The highest BCUT2D eigenvalue weighted by molar-refractivity contribution is 5.84. The van der Waals surface area contributed by atoms with Gasteiger partial charge in [0, 0.05) is 49.8 Å². The van der Waals surface area contributed by atoms with Crippen LogP contribution in [-0.4, -0.2) is 47.7 Å². The van der Waals surface area contributed by atoms with E-state index >= 15 is 0 Å². The van der Waals surface area contributed by atoms with Crippen LogP contribution in [0.4, 0.5) is 0 Å². The Hall–Kier alpha value is -2.63. The molecule has 0 bridgehead atoms. The van der Waals surface area contributed by atoms with Gasteiger partial charge in [0.25, 0.3) is 0 Å². The number of amides is 1. The van der Waals surface area contributed by atoms with Crippen LogP contribution >= 0.6 is 0 Å². The van der Waals surface area contributed by atoms with E-state index in [4.69, 9.17) is 9.47 Å². The average Bonchev–Trinajstić information content (AvgIpc) is 3.30. The molecule has 5 rings (SSSR count). The Balaban J connectivity index is 1.05. The lowest BCUT2D eigenvalue weighted by Crippen LogP contribution is -2.50. The number of nitrogens with one attached hydrogen (secondary N) is 1. The summed E-state index contributed by atoms with van der Waals surface area (Å²) in [7, 11) is 0. The normalized spacial score (nSPS) is 20.1. The molecule has 0 aliphatic carbocycles. The van der Waals surface area contributed by atoms with Gasteiger partial charge in [-0.1, -0.05) is 48.5 Å². The predicted octanol–water partition coefficient (Wildman–Crippen LogP) is 5.50. The first-order valence-electron chi connectivity index (χ1n) is 12.8. The average molecular weight is 461 g/mol. The number of likely N-dealkylation sites (tertiary alicyclic amines) is 1. The van der Waals surface area contributed by atoms with Gasteiger partial charge in [-0.05, 0) is 61.6 Å². The van der Waals surface area contributed by atoms with Gasteiger partial charge in [-0.3, -0.25) is 4.79 Å². The van der Waals surface area contributed by atoms with Crippen molar-refractivity contribution in [2.45, 2.75) is 57.2 Å². The fraction of sp³-hybridized carbons (Fsp3) is 0.483. The minimum atomic E-state index is -0.0457. The molecular formula is C29H36N2O3. The summed E-state index contributed by atoms with van der Waals surface area (Å²) in [6.45, 7) is 3.94. The summed E-state index contributed by atoms with van der Waals surface area (Å²) in [5, 5.41) is 1.22. The summed E-state index contributed by atoms with van der Waals surface area (Å²) in [4.78, 5) is 18.3. The number of ether oxygens (including phenoxy) is 2. The van der Waals surface area contributed by atoms with E-state index in [1.807, 2.05) is 18.3 Å². The van der Waals surface area contributed by atoms with Gasteiger partial charge in [-0.2, -0.15) is 0 Å². The zero-order valence-electron chi connectivity index (χ0n) is 20.0. The van der Waals surface area contributed by atoms with Crippen LogP contribution in [0.25, 0.3) is 10.9 Å². The van der Waals surface area contributed by atoms with Crippen LogP contribution in [-0.2, 0) is 27.3 Å². The number of hydrogen-bond donors (Lipinski definition) is 1. The maximum atomic E-state index is 12.9. The minimum absolute atomic E-state index is 0.0457. The molecule has 1 N–H and O–H groups in total. The Morgan fingerprint density at radius 2 is 1.88 bits per heavy atom. The maximum absolute atomic E-state index is 12.9. The van der Waals surface area contributed by atoms with E-state index in [0.29, 0.717) is 18.9 Å². The summed E-state index contributed by atoms with van der Waals surface area (Å²) >= 11 is 0. The Kier molecular flexibility index (Phi) is 7.31. The van der Waals surface area contributed by atoms with Crippen molar-refractivity contribution < 1.29 is 14.3 Å². The third-order valence-corrected chi connectivity index (χ3v) is 7.69. The summed E-state index contributed by atoms with van der Waals surface area (Å²) < 4.78 is 12.3. The van der Waals surface area contributed by atoms with Gasteiger partial charge in [0.1, 0.15) is 0 Å². The molecule has 2 fully saturated rings. The third kappa shape index (κ3) is 5.53. The summed E-state index contributed by atoms with van der Waals surface area (Å²) in [6, 6.07) is 18.7. The van der Waals surface area contributed by atoms with Crippen LogP contribution in [0, 0.1) is 5.92 Å². The minimum Gasteiger partial charge on any atom is -0.377 e. The molecule has 0 saturated carbocycles. The second-order valence-corrected chi connectivity index (χ2v) is 9.96. The number of rotatable bonds is 8. The summed E-state index contributed by atoms with van der Waals surface area (Å²) in [6.07, 6.45) is 8.60. The first-order chi connectivity index (χ1) is 16.7. The lowest BCUT2D eigenvalue weighted by Gasteiger charge is -2.46. The largest absolute Gasteiger partial charge is 0.377 e. The van der Waals surface area contributed by atoms with Gasteiger partial charge in [0.2, 0.25) is 5.91 Å². The number of benzene rings is 2. The molecule has 5 nitrogen and oxygen atoms in total. The zero-order valence-corrected chi connectivity index (χ0v) is 20.0. The molecule has 1 spiro atoms. The van der Waals surface area contributed by atoms with E-state index in [-0.39, 0.29) is 11.5 Å². The van der Waals surface area contributed by atoms with Crippen LogP contribution in [0.3, 0.4) is 0 Å². The molecular weight excluding hydrogens is 424 g/mol.